The molecule has 1 aromatic heterocycles. The molecule has 0 aliphatic rings. The minimum atomic E-state index is -4.83. The number of nitrogens with one attached hydrogen (secondary N) is 2. The molecule has 2 aromatic carbocycles. The number of nitrogens with zero attached hydrogens (tertiary/aromatic N) is 3. The molecule has 0 saturated carbocycles. The summed E-state index contributed by atoms with van der Waals surface area (Å²) in [7, 11) is 0. The van der Waals surface area contributed by atoms with Crippen LogP contribution in [0.2, 0.25) is 0 Å². The van der Waals surface area contributed by atoms with Crippen LogP contribution in [0, 0.1) is 17.1 Å². The molecule has 10 heteroatoms. The zero-order chi connectivity index (χ0) is 23.3. The van der Waals surface area contributed by atoms with E-state index in [9.17, 15) is 22.8 Å². The number of alkyl halides is 3. The van der Waals surface area contributed by atoms with Gasteiger partial charge in [0.1, 0.15) is 29.0 Å². The van der Waals surface area contributed by atoms with Gasteiger partial charge < -0.3 is 15.4 Å². The van der Waals surface area contributed by atoms with Crippen LogP contribution in [0.25, 0.3) is 11.3 Å². The first-order chi connectivity index (χ1) is 15.2. The number of aromatic nitrogens is 2. The predicted octanol–water partition coefficient (Wildman–Crippen LogP) is 6.01. The van der Waals surface area contributed by atoms with Gasteiger partial charge in [0, 0.05) is 17.7 Å². The van der Waals surface area contributed by atoms with Gasteiger partial charge in [0.2, 0.25) is 5.95 Å². The Kier molecular flexibility index (Phi) is 6.78. The maximum atomic E-state index is 14.0. The Morgan fingerprint density at radius 3 is 2.56 bits per heavy atom. The van der Waals surface area contributed by atoms with E-state index in [-0.39, 0.29) is 29.1 Å². The molecule has 0 saturated heterocycles. The van der Waals surface area contributed by atoms with E-state index in [0.29, 0.717) is 11.3 Å². The van der Waals surface area contributed by atoms with Crippen molar-refractivity contribution in [2.24, 2.45) is 0 Å². The monoisotopic (exact) mass is 445 g/mol. The number of hydrogen-bond donors (Lipinski definition) is 2. The third-order valence-electron chi connectivity index (χ3n) is 4.47. The van der Waals surface area contributed by atoms with Crippen molar-refractivity contribution >= 4 is 17.5 Å². The Hall–Kier alpha value is -3.87. The second kappa shape index (κ2) is 9.51. The van der Waals surface area contributed by atoms with Crippen LogP contribution in [0.5, 0.6) is 5.75 Å². The third-order valence-corrected chi connectivity index (χ3v) is 4.47. The highest BCUT2D eigenvalue weighted by molar-refractivity contribution is 5.70. The SMILES string of the molecule is CC[C@@H](C)Nc1nc(Nc2cccc(F)c2C#N)cc(-c2cccc(OC(F)(F)F)c2)n1. The van der Waals surface area contributed by atoms with Crippen molar-refractivity contribution < 1.29 is 22.3 Å². The number of rotatable bonds is 7. The van der Waals surface area contributed by atoms with Gasteiger partial charge in [-0.2, -0.15) is 10.2 Å². The first-order valence-electron chi connectivity index (χ1n) is 9.66. The number of halogens is 4. The van der Waals surface area contributed by atoms with E-state index in [2.05, 4.69) is 25.3 Å². The number of ether oxygens (including phenoxy) is 1. The molecular formula is C22H19F4N5O. The Labute approximate surface area is 181 Å². The van der Waals surface area contributed by atoms with Gasteiger partial charge in [0.25, 0.3) is 0 Å². The van der Waals surface area contributed by atoms with Crippen molar-refractivity contribution in [2.45, 2.75) is 32.7 Å². The van der Waals surface area contributed by atoms with E-state index in [0.717, 1.165) is 12.5 Å². The highest BCUT2D eigenvalue weighted by Crippen LogP contribution is 2.30. The van der Waals surface area contributed by atoms with Gasteiger partial charge in [-0.25, -0.2) is 9.37 Å². The van der Waals surface area contributed by atoms with Crippen LogP contribution in [-0.2, 0) is 0 Å². The highest BCUT2D eigenvalue weighted by Gasteiger charge is 2.31. The number of hydrogen-bond acceptors (Lipinski definition) is 6. The molecule has 0 bridgehead atoms. The van der Waals surface area contributed by atoms with Crippen molar-refractivity contribution in [1.82, 2.24) is 9.97 Å². The second-order valence-electron chi connectivity index (χ2n) is 6.89. The molecule has 1 heterocycles. The Morgan fingerprint density at radius 2 is 1.88 bits per heavy atom. The molecular weight excluding hydrogens is 426 g/mol. The maximum absolute atomic E-state index is 14.0. The lowest BCUT2D eigenvalue weighted by Crippen LogP contribution is -2.17. The summed E-state index contributed by atoms with van der Waals surface area (Å²) in [6.07, 6.45) is -4.06. The number of nitriles is 1. The molecule has 0 spiro atoms. The Bertz CT molecular complexity index is 1140. The molecule has 0 radical (unpaired) electrons. The van der Waals surface area contributed by atoms with Crippen molar-refractivity contribution in [2.75, 3.05) is 10.6 Å². The van der Waals surface area contributed by atoms with E-state index in [1.807, 2.05) is 13.8 Å². The first kappa shape index (κ1) is 22.8. The van der Waals surface area contributed by atoms with E-state index in [4.69, 9.17) is 0 Å². The fourth-order valence-electron chi connectivity index (χ4n) is 2.78. The molecule has 0 fully saturated rings. The van der Waals surface area contributed by atoms with Gasteiger partial charge in [-0.05, 0) is 37.6 Å². The van der Waals surface area contributed by atoms with Crippen LogP contribution in [0.4, 0.5) is 35.0 Å². The molecule has 166 valence electrons. The molecule has 32 heavy (non-hydrogen) atoms. The second-order valence-corrected chi connectivity index (χ2v) is 6.89. The molecule has 3 rings (SSSR count). The summed E-state index contributed by atoms with van der Waals surface area (Å²) in [6, 6.07) is 12.8. The molecule has 0 aliphatic carbocycles. The van der Waals surface area contributed by atoms with Gasteiger partial charge in [-0.3, -0.25) is 0 Å². The topological polar surface area (TPSA) is 82.9 Å². The van der Waals surface area contributed by atoms with Crippen LogP contribution in [0.3, 0.4) is 0 Å². The Balaban J connectivity index is 2.04. The zero-order valence-electron chi connectivity index (χ0n) is 17.2. The molecule has 0 unspecified atom stereocenters. The fraction of sp³-hybridized carbons (Fsp3) is 0.227. The van der Waals surface area contributed by atoms with E-state index in [1.54, 1.807) is 12.1 Å². The standard InChI is InChI=1S/C22H19F4N5O/c1-3-13(2)28-21-30-19(14-6-4-7-15(10-14)32-22(24,25)26)11-20(31-21)29-18-9-5-8-17(23)16(18)12-27/h4-11,13H,3H2,1-2H3,(H2,28,29,30,31)/t13-/m1/s1. The van der Waals surface area contributed by atoms with Crippen molar-refractivity contribution in [3.8, 4) is 23.1 Å². The summed E-state index contributed by atoms with van der Waals surface area (Å²) in [5.74, 6) is -0.639. The van der Waals surface area contributed by atoms with Gasteiger partial charge in [0.05, 0.1) is 11.4 Å². The largest absolute Gasteiger partial charge is 0.573 e. The molecule has 0 aliphatic heterocycles. The average molecular weight is 445 g/mol. The molecule has 3 aromatic rings. The third kappa shape index (κ3) is 5.85. The summed E-state index contributed by atoms with van der Waals surface area (Å²) < 4.78 is 55.8. The van der Waals surface area contributed by atoms with Crippen LogP contribution >= 0.6 is 0 Å². The van der Waals surface area contributed by atoms with Crippen LogP contribution in [0.1, 0.15) is 25.8 Å². The lowest BCUT2D eigenvalue weighted by Gasteiger charge is -2.15. The first-order valence-corrected chi connectivity index (χ1v) is 9.66. The van der Waals surface area contributed by atoms with Gasteiger partial charge in [-0.15, -0.1) is 13.2 Å². The van der Waals surface area contributed by atoms with E-state index >= 15 is 0 Å². The maximum Gasteiger partial charge on any atom is 0.573 e. The summed E-state index contributed by atoms with van der Waals surface area (Å²) in [4.78, 5) is 8.75. The van der Waals surface area contributed by atoms with Crippen LogP contribution in [-0.4, -0.2) is 22.4 Å². The summed E-state index contributed by atoms with van der Waals surface area (Å²) in [5, 5.41) is 15.3. The lowest BCUT2D eigenvalue weighted by atomic mass is 10.1. The van der Waals surface area contributed by atoms with E-state index in [1.165, 1.54) is 36.4 Å². The summed E-state index contributed by atoms with van der Waals surface area (Å²) >= 11 is 0. The van der Waals surface area contributed by atoms with Crippen LogP contribution < -0.4 is 15.4 Å². The number of anilines is 3. The lowest BCUT2D eigenvalue weighted by molar-refractivity contribution is -0.274. The summed E-state index contributed by atoms with van der Waals surface area (Å²) in [5.41, 5.74) is 0.658. The quantitative estimate of drug-likeness (QED) is 0.434. The highest BCUT2D eigenvalue weighted by atomic mass is 19.4. The van der Waals surface area contributed by atoms with E-state index < -0.39 is 17.9 Å². The fourth-order valence-corrected chi connectivity index (χ4v) is 2.78. The van der Waals surface area contributed by atoms with Gasteiger partial charge in [-0.1, -0.05) is 25.1 Å². The predicted molar refractivity (Wildman–Crippen MR) is 112 cm³/mol. The molecule has 6 nitrogen and oxygen atoms in total. The van der Waals surface area contributed by atoms with Crippen molar-refractivity contribution in [3.05, 3.63) is 59.9 Å². The minimum absolute atomic E-state index is 0.0156. The Morgan fingerprint density at radius 1 is 1.12 bits per heavy atom. The zero-order valence-corrected chi connectivity index (χ0v) is 17.2. The molecule has 0 amide bonds. The summed E-state index contributed by atoms with van der Waals surface area (Å²) in [6.45, 7) is 3.88. The molecule has 2 N–H and O–H groups in total. The van der Waals surface area contributed by atoms with Gasteiger partial charge >= 0.3 is 6.36 Å². The van der Waals surface area contributed by atoms with Crippen molar-refractivity contribution in [3.63, 3.8) is 0 Å². The van der Waals surface area contributed by atoms with Gasteiger partial charge in [0.15, 0.2) is 0 Å². The normalized spacial score (nSPS) is 12.0. The minimum Gasteiger partial charge on any atom is -0.406 e. The smallest absolute Gasteiger partial charge is 0.406 e. The van der Waals surface area contributed by atoms with Crippen LogP contribution in [0.15, 0.2) is 48.5 Å². The average Bonchev–Trinajstić information content (AvgIpc) is 2.72. The number of benzene rings is 2. The van der Waals surface area contributed by atoms with Crippen molar-refractivity contribution in [1.29, 1.82) is 5.26 Å². The molecule has 1 atom stereocenters.